The van der Waals surface area contributed by atoms with Crippen LogP contribution in [0.2, 0.25) is 0 Å². The van der Waals surface area contributed by atoms with Crippen LogP contribution in [0.15, 0.2) is 0 Å². The van der Waals surface area contributed by atoms with E-state index in [1.165, 1.54) is 0 Å². The summed E-state index contributed by atoms with van der Waals surface area (Å²) in [6, 6.07) is 0. The van der Waals surface area contributed by atoms with E-state index in [0.29, 0.717) is 25.4 Å². The lowest BCUT2D eigenvalue weighted by molar-refractivity contribution is -0.236. The van der Waals surface area contributed by atoms with Gasteiger partial charge in [0.2, 0.25) is 0 Å². The van der Waals surface area contributed by atoms with Crippen LogP contribution in [0.25, 0.3) is 0 Å². The van der Waals surface area contributed by atoms with Crippen molar-refractivity contribution < 1.29 is 19.7 Å². The van der Waals surface area contributed by atoms with E-state index in [1.807, 2.05) is 0 Å². The number of ether oxygens (including phenoxy) is 1. The maximum Gasteiger partial charge on any atom is 0.306 e. The molecule has 1 heterocycles. The van der Waals surface area contributed by atoms with E-state index in [9.17, 15) is 15.0 Å². The number of hydrogen-bond acceptors (Lipinski definition) is 4. The molecule has 0 amide bonds. The van der Waals surface area contributed by atoms with Gasteiger partial charge in [0.1, 0.15) is 0 Å². The predicted octanol–water partition coefficient (Wildman–Crippen LogP) is 1.88. The molecule has 4 nitrogen and oxygen atoms in total. The molecule has 0 aromatic carbocycles. The van der Waals surface area contributed by atoms with Gasteiger partial charge in [-0.3, -0.25) is 4.79 Å². The average molecular weight is 282 g/mol. The summed E-state index contributed by atoms with van der Waals surface area (Å²) < 4.78 is 5.32. The van der Waals surface area contributed by atoms with Crippen molar-refractivity contribution >= 4 is 5.97 Å². The number of rotatable bonds is 0. The maximum atomic E-state index is 11.7. The van der Waals surface area contributed by atoms with E-state index in [-0.39, 0.29) is 22.7 Å². The third-order valence-electron chi connectivity index (χ3n) is 7.05. The molecule has 1 aliphatic heterocycles. The van der Waals surface area contributed by atoms with Crippen LogP contribution < -0.4 is 0 Å². The fraction of sp³-hybridized carbons (Fsp3) is 0.938. The molecule has 0 radical (unpaired) electrons. The first-order valence-electron chi connectivity index (χ1n) is 7.80. The van der Waals surface area contributed by atoms with Gasteiger partial charge in [0.25, 0.3) is 0 Å². The molecule has 0 aromatic rings. The number of cyclic esters (lactones) is 1. The van der Waals surface area contributed by atoms with E-state index in [1.54, 1.807) is 6.92 Å². The summed E-state index contributed by atoms with van der Waals surface area (Å²) in [5.74, 6) is 0.563. The fourth-order valence-corrected chi connectivity index (χ4v) is 5.28. The van der Waals surface area contributed by atoms with Gasteiger partial charge in [-0.15, -0.1) is 0 Å². The molecular formula is C16H26O4. The average Bonchev–Trinajstić information content (AvgIpc) is 2.76. The lowest BCUT2D eigenvalue weighted by Crippen LogP contribution is -2.65. The lowest BCUT2D eigenvalue weighted by Gasteiger charge is -2.62. The first-order chi connectivity index (χ1) is 9.24. The molecule has 114 valence electrons. The molecule has 3 rings (SSSR count). The number of carbonyl (C=O) groups is 1. The molecule has 1 spiro atoms. The van der Waals surface area contributed by atoms with Gasteiger partial charge in [-0.1, -0.05) is 13.8 Å². The van der Waals surface area contributed by atoms with Gasteiger partial charge in [-0.05, 0) is 44.4 Å². The second-order valence-electron chi connectivity index (χ2n) is 7.72. The normalized spacial score (nSPS) is 55.6. The molecule has 2 aliphatic carbocycles. The Morgan fingerprint density at radius 3 is 2.55 bits per heavy atom. The van der Waals surface area contributed by atoms with Crippen molar-refractivity contribution in [3.63, 3.8) is 0 Å². The highest BCUT2D eigenvalue weighted by molar-refractivity contribution is 5.72. The van der Waals surface area contributed by atoms with Gasteiger partial charge in [-0.2, -0.15) is 0 Å². The zero-order chi connectivity index (χ0) is 14.8. The van der Waals surface area contributed by atoms with Gasteiger partial charge >= 0.3 is 5.97 Å². The van der Waals surface area contributed by atoms with Gasteiger partial charge in [0, 0.05) is 10.8 Å². The molecule has 3 fully saturated rings. The highest BCUT2D eigenvalue weighted by atomic mass is 16.5. The summed E-state index contributed by atoms with van der Waals surface area (Å²) in [6.45, 7) is 6.56. The summed E-state index contributed by atoms with van der Waals surface area (Å²) in [7, 11) is 0. The van der Waals surface area contributed by atoms with E-state index in [2.05, 4.69) is 13.8 Å². The summed E-state index contributed by atoms with van der Waals surface area (Å²) in [6.07, 6.45) is 3.16. The van der Waals surface area contributed by atoms with E-state index < -0.39 is 11.7 Å². The minimum atomic E-state index is -1.09. The van der Waals surface area contributed by atoms with Crippen molar-refractivity contribution in [2.45, 2.75) is 64.6 Å². The largest absolute Gasteiger partial charge is 0.465 e. The van der Waals surface area contributed by atoms with Crippen molar-refractivity contribution in [3.05, 3.63) is 0 Å². The first kappa shape index (κ1) is 14.3. The molecule has 0 aromatic heterocycles. The van der Waals surface area contributed by atoms with Gasteiger partial charge in [0.05, 0.1) is 24.7 Å². The van der Waals surface area contributed by atoms with E-state index in [0.717, 1.165) is 19.3 Å². The predicted molar refractivity (Wildman–Crippen MR) is 73.9 cm³/mol. The Labute approximate surface area is 120 Å². The number of aliphatic hydroxyl groups excluding tert-OH is 1. The highest BCUT2D eigenvalue weighted by Gasteiger charge is 2.66. The Hall–Kier alpha value is -0.610. The topological polar surface area (TPSA) is 66.8 Å². The summed E-state index contributed by atoms with van der Waals surface area (Å²) in [5.41, 5.74) is -1.58. The Kier molecular flexibility index (Phi) is 3.01. The second-order valence-corrected chi connectivity index (χ2v) is 7.72. The highest BCUT2D eigenvalue weighted by Crippen LogP contribution is 2.65. The molecular weight excluding hydrogens is 256 g/mol. The van der Waals surface area contributed by atoms with Crippen molar-refractivity contribution in [3.8, 4) is 0 Å². The molecule has 6 atom stereocenters. The van der Waals surface area contributed by atoms with Gasteiger partial charge in [-0.25, -0.2) is 0 Å². The Morgan fingerprint density at radius 1 is 1.25 bits per heavy atom. The zero-order valence-corrected chi connectivity index (χ0v) is 12.7. The minimum absolute atomic E-state index is 0.105. The Morgan fingerprint density at radius 2 is 1.95 bits per heavy atom. The second kappa shape index (κ2) is 4.20. The third kappa shape index (κ3) is 1.58. The van der Waals surface area contributed by atoms with E-state index in [4.69, 9.17) is 4.74 Å². The van der Waals surface area contributed by atoms with E-state index >= 15 is 0 Å². The van der Waals surface area contributed by atoms with Crippen LogP contribution in [-0.2, 0) is 9.53 Å². The summed E-state index contributed by atoms with van der Waals surface area (Å²) in [5, 5.41) is 21.2. The first-order valence-corrected chi connectivity index (χ1v) is 7.80. The molecule has 0 bridgehead atoms. The summed E-state index contributed by atoms with van der Waals surface area (Å²) in [4.78, 5) is 11.7. The van der Waals surface area contributed by atoms with Crippen molar-refractivity contribution in [1.82, 2.24) is 0 Å². The van der Waals surface area contributed by atoms with Crippen LogP contribution in [0.3, 0.4) is 0 Å². The number of carbonyl (C=O) groups excluding carboxylic acids is 1. The Balaban J connectivity index is 2.04. The molecule has 1 saturated heterocycles. The number of hydrogen-bond donors (Lipinski definition) is 2. The minimum Gasteiger partial charge on any atom is -0.465 e. The molecule has 3 aliphatic rings. The van der Waals surface area contributed by atoms with Crippen LogP contribution in [0, 0.1) is 22.7 Å². The number of aliphatic hydroxyl groups is 2. The smallest absolute Gasteiger partial charge is 0.306 e. The zero-order valence-electron chi connectivity index (χ0n) is 12.7. The van der Waals surface area contributed by atoms with Crippen LogP contribution in [0.5, 0.6) is 0 Å². The van der Waals surface area contributed by atoms with Crippen LogP contribution in [0.1, 0.15) is 52.9 Å². The van der Waals surface area contributed by atoms with Crippen LogP contribution in [0.4, 0.5) is 0 Å². The summed E-state index contributed by atoms with van der Waals surface area (Å²) >= 11 is 0. The Bertz CT molecular complexity index is 432. The molecule has 2 saturated carbocycles. The number of esters is 1. The standard InChI is InChI=1S/C16H26O4/c1-10-6-7-14(2)11(4-5-12(17)15(14,3)19)16(10)8-13(18)20-9-16/h10-12,17,19H,4-9H2,1-3H3/t10-,11+,12-,14-,15+,16-/m0/s1. The third-order valence-corrected chi connectivity index (χ3v) is 7.05. The molecule has 0 unspecified atom stereocenters. The van der Waals surface area contributed by atoms with Crippen molar-refractivity contribution in [2.75, 3.05) is 6.61 Å². The lowest BCUT2D eigenvalue weighted by atomic mass is 9.43. The molecule has 2 N–H and O–H groups in total. The fourth-order valence-electron chi connectivity index (χ4n) is 5.28. The van der Waals surface area contributed by atoms with Crippen LogP contribution in [-0.4, -0.2) is 34.5 Å². The SMILES string of the molecule is C[C@H]1CC[C@@]2(C)[C@@H](CC[C@H](O)[C@@]2(C)O)[C@@]12COC(=O)C2. The molecule has 4 heteroatoms. The van der Waals surface area contributed by atoms with Crippen molar-refractivity contribution in [1.29, 1.82) is 0 Å². The van der Waals surface area contributed by atoms with Gasteiger partial charge < -0.3 is 14.9 Å². The maximum absolute atomic E-state index is 11.7. The van der Waals surface area contributed by atoms with Crippen LogP contribution >= 0.6 is 0 Å². The monoisotopic (exact) mass is 282 g/mol. The molecule has 20 heavy (non-hydrogen) atoms. The quantitative estimate of drug-likeness (QED) is 0.666. The van der Waals surface area contributed by atoms with Gasteiger partial charge in [0.15, 0.2) is 0 Å². The number of fused-ring (bicyclic) bond motifs is 2. The van der Waals surface area contributed by atoms with Crippen molar-refractivity contribution in [2.24, 2.45) is 22.7 Å².